The van der Waals surface area contributed by atoms with Crippen LogP contribution in [0.25, 0.3) is 0 Å². The molecule has 9 heteroatoms. The van der Waals surface area contributed by atoms with Crippen molar-refractivity contribution in [2.45, 2.75) is 56.7 Å². The Morgan fingerprint density at radius 3 is 2.46 bits per heavy atom. The molecule has 3 saturated heterocycles. The zero-order valence-corrected chi connectivity index (χ0v) is 21.5. The quantitative estimate of drug-likeness (QED) is 0.380. The van der Waals surface area contributed by atoms with E-state index < -0.39 is 11.6 Å². The number of nitrogens with one attached hydrogen (secondary N) is 1. The lowest BCUT2D eigenvalue weighted by Crippen LogP contribution is -3.00. The number of carbonyl (C=O) groups excluding carboxylic acids is 2. The van der Waals surface area contributed by atoms with Crippen LogP contribution in [-0.4, -0.2) is 58.9 Å². The number of fused-ring (bicyclic) bond motifs is 3. The van der Waals surface area contributed by atoms with Gasteiger partial charge in [0.1, 0.15) is 12.8 Å². The van der Waals surface area contributed by atoms with Crippen LogP contribution in [0.1, 0.15) is 50.5 Å². The largest absolute Gasteiger partial charge is 1.00 e. The monoisotopic (exact) mass is 547 g/mol. The van der Waals surface area contributed by atoms with Crippen LogP contribution in [0.3, 0.4) is 0 Å². The van der Waals surface area contributed by atoms with Gasteiger partial charge in [0.15, 0.2) is 24.1 Å². The predicted molar refractivity (Wildman–Crippen MR) is 124 cm³/mol. The van der Waals surface area contributed by atoms with Crippen molar-refractivity contribution in [1.82, 2.24) is 5.16 Å². The van der Waals surface area contributed by atoms with Gasteiger partial charge in [0.2, 0.25) is 0 Å². The van der Waals surface area contributed by atoms with Gasteiger partial charge >= 0.3 is 5.97 Å². The number of benzene rings is 1. The van der Waals surface area contributed by atoms with E-state index in [1.54, 1.807) is 6.07 Å². The van der Waals surface area contributed by atoms with Crippen molar-refractivity contribution in [3.8, 4) is 0 Å². The molecule has 1 aliphatic carbocycles. The molecule has 2 N–H and O–H groups in total. The van der Waals surface area contributed by atoms with Crippen LogP contribution in [0.15, 0.2) is 47.2 Å². The lowest BCUT2D eigenvalue weighted by molar-refractivity contribution is -0.939. The van der Waals surface area contributed by atoms with Gasteiger partial charge in [-0.15, -0.1) is 0 Å². The first kappa shape index (κ1) is 25.9. The fourth-order valence-corrected chi connectivity index (χ4v) is 6.30. The van der Waals surface area contributed by atoms with Crippen molar-refractivity contribution in [3.63, 3.8) is 0 Å². The van der Waals surface area contributed by atoms with E-state index in [1.165, 1.54) is 6.26 Å². The van der Waals surface area contributed by atoms with Crippen LogP contribution in [0.5, 0.6) is 0 Å². The molecular weight excluding hydrogens is 514 g/mol. The van der Waals surface area contributed by atoms with Crippen molar-refractivity contribution in [1.29, 1.82) is 0 Å². The zero-order chi connectivity index (χ0) is 23.6. The summed E-state index contributed by atoms with van der Waals surface area (Å²) in [5, 5.41) is 18.4. The first-order chi connectivity index (χ1) is 16.5. The number of nitrogens with zero attached hydrogens (tertiary/aromatic N) is 2. The van der Waals surface area contributed by atoms with Gasteiger partial charge in [0.05, 0.1) is 13.1 Å². The molecule has 3 aliphatic heterocycles. The van der Waals surface area contributed by atoms with E-state index >= 15 is 0 Å². The smallest absolute Gasteiger partial charge is 0.343 e. The van der Waals surface area contributed by atoms with E-state index in [-0.39, 0.29) is 40.8 Å². The minimum Gasteiger partial charge on any atom is -1.00 e. The van der Waals surface area contributed by atoms with Crippen LogP contribution >= 0.6 is 0 Å². The molecular formula is C26H34BrN3O5. The number of amides is 1. The van der Waals surface area contributed by atoms with Crippen molar-refractivity contribution >= 4 is 17.7 Å². The average molecular weight is 548 g/mol. The number of esters is 1. The highest BCUT2D eigenvalue weighted by molar-refractivity contribution is 5.90. The van der Waals surface area contributed by atoms with Gasteiger partial charge in [-0.2, -0.15) is 0 Å². The molecule has 1 unspecified atom stereocenters. The van der Waals surface area contributed by atoms with E-state index in [4.69, 9.17) is 9.26 Å². The average Bonchev–Trinajstić information content (AvgIpc) is 3.37. The van der Waals surface area contributed by atoms with E-state index in [1.807, 2.05) is 30.3 Å². The first-order valence-corrected chi connectivity index (χ1v) is 12.5. The number of ether oxygens (including phenoxy) is 1. The minimum atomic E-state index is -1.64. The molecule has 2 bridgehead atoms. The molecule has 2 aromatic rings. The van der Waals surface area contributed by atoms with Gasteiger partial charge in [-0.3, -0.25) is 4.79 Å². The van der Waals surface area contributed by atoms with Gasteiger partial charge < -0.3 is 41.1 Å². The molecule has 1 aromatic carbocycles. The minimum absolute atomic E-state index is 0. The Hall–Kier alpha value is -2.23. The van der Waals surface area contributed by atoms with Crippen LogP contribution in [0.4, 0.5) is 5.82 Å². The molecule has 1 saturated carbocycles. The summed E-state index contributed by atoms with van der Waals surface area (Å²) in [5.41, 5.74) is -1.02. The molecule has 0 radical (unpaired) electrons. The molecule has 35 heavy (non-hydrogen) atoms. The second-order valence-electron chi connectivity index (χ2n) is 10.3. The summed E-state index contributed by atoms with van der Waals surface area (Å²) in [6.45, 7) is 2.67. The third kappa shape index (κ3) is 5.32. The fourth-order valence-electron chi connectivity index (χ4n) is 6.30. The Morgan fingerprint density at radius 2 is 1.80 bits per heavy atom. The first-order valence-electron chi connectivity index (χ1n) is 12.5. The summed E-state index contributed by atoms with van der Waals surface area (Å²) < 4.78 is 11.5. The third-order valence-corrected chi connectivity index (χ3v) is 8.21. The number of anilines is 1. The highest BCUT2D eigenvalue weighted by Gasteiger charge is 2.52. The Balaban J connectivity index is 0.00000289. The Kier molecular flexibility index (Phi) is 7.98. The number of halogens is 1. The lowest BCUT2D eigenvalue weighted by atomic mass is 9.73. The molecule has 8 nitrogen and oxygen atoms in total. The number of carbonyl (C=O) groups is 2. The molecule has 6 rings (SSSR count). The maximum Gasteiger partial charge on any atom is 0.343 e. The van der Waals surface area contributed by atoms with Crippen LogP contribution in [0, 0.1) is 11.8 Å². The second kappa shape index (κ2) is 10.8. The lowest BCUT2D eigenvalue weighted by Gasteiger charge is -2.52. The molecule has 4 heterocycles. The number of hydrogen-bond acceptors (Lipinski definition) is 6. The highest BCUT2D eigenvalue weighted by atomic mass is 79.9. The van der Waals surface area contributed by atoms with Crippen LogP contribution < -0.4 is 22.3 Å². The molecule has 190 valence electrons. The summed E-state index contributed by atoms with van der Waals surface area (Å²) in [5.74, 6) is -0.127. The van der Waals surface area contributed by atoms with Crippen LogP contribution in [-0.2, 0) is 19.9 Å². The molecule has 1 amide bonds. The maximum absolute atomic E-state index is 13.7. The van der Waals surface area contributed by atoms with E-state index in [0.29, 0.717) is 29.0 Å². The summed E-state index contributed by atoms with van der Waals surface area (Å²) in [4.78, 5) is 26.4. The van der Waals surface area contributed by atoms with Gasteiger partial charge in [-0.1, -0.05) is 54.8 Å². The number of hydrogen-bond donors (Lipinski definition) is 2. The number of piperidine rings is 3. The summed E-state index contributed by atoms with van der Waals surface area (Å²) in [6, 6.07) is 10.9. The number of quaternary nitrogens is 1. The summed E-state index contributed by atoms with van der Waals surface area (Å²) in [7, 11) is 0. The number of aromatic nitrogens is 1. The van der Waals surface area contributed by atoms with Gasteiger partial charge in [0, 0.05) is 30.7 Å². The van der Waals surface area contributed by atoms with Crippen molar-refractivity contribution < 1.29 is 45.4 Å². The third-order valence-electron chi connectivity index (χ3n) is 8.21. The topological polar surface area (TPSA) is 102 Å². The summed E-state index contributed by atoms with van der Waals surface area (Å²) in [6.07, 6.45) is 7.73. The maximum atomic E-state index is 13.7. The van der Waals surface area contributed by atoms with Gasteiger partial charge in [-0.05, 0) is 18.4 Å². The normalized spacial score (nSPS) is 27.9. The molecule has 1 aromatic heterocycles. The van der Waals surface area contributed by atoms with Gasteiger partial charge in [-0.25, -0.2) is 4.79 Å². The Bertz CT molecular complexity index is 988. The van der Waals surface area contributed by atoms with Crippen molar-refractivity contribution in [3.05, 3.63) is 48.2 Å². The SMILES string of the molecule is O=C(C[N+]12CCC(CC1)[C@@H](OC(=O)C(O)(c1ccccc1)C1CCCCC1)C2)Nc1ccon1.[Br-]. The molecule has 4 fully saturated rings. The van der Waals surface area contributed by atoms with Crippen molar-refractivity contribution in [2.24, 2.45) is 11.8 Å². The Labute approximate surface area is 216 Å². The number of rotatable bonds is 7. The molecule has 4 aliphatic rings. The van der Waals surface area contributed by atoms with Crippen molar-refractivity contribution in [2.75, 3.05) is 31.5 Å². The Morgan fingerprint density at radius 1 is 1.09 bits per heavy atom. The summed E-state index contributed by atoms with van der Waals surface area (Å²) >= 11 is 0. The zero-order valence-electron chi connectivity index (χ0n) is 19.9. The second-order valence-corrected chi connectivity index (χ2v) is 10.3. The predicted octanol–water partition coefficient (Wildman–Crippen LogP) is 0.237. The van der Waals surface area contributed by atoms with E-state index in [0.717, 1.165) is 58.0 Å². The highest BCUT2D eigenvalue weighted by Crippen LogP contribution is 2.42. The van der Waals surface area contributed by atoms with Crippen LogP contribution in [0.2, 0.25) is 0 Å². The standard InChI is InChI=1S/C26H33N3O5.BrH/c30-24(27-23-13-16-33-28-23)18-29-14-11-19(12-15-29)22(17-29)34-25(31)26(32,20-7-3-1-4-8-20)21-9-5-2-6-10-21;/h1,3-4,7-8,13,16,19,21-22,32H,2,5-6,9-12,14-15,17-18H2;1H/t19?,22-,26?,29?;/m0./s1. The number of aliphatic hydroxyl groups is 1. The molecule has 0 spiro atoms. The molecule has 2 atom stereocenters. The van der Waals surface area contributed by atoms with E-state index in [2.05, 4.69) is 10.5 Å². The van der Waals surface area contributed by atoms with E-state index in [9.17, 15) is 14.7 Å². The van der Waals surface area contributed by atoms with Gasteiger partial charge in [0.25, 0.3) is 5.91 Å². The fraction of sp³-hybridized carbons (Fsp3) is 0.577.